The highest BCUT2D eigenvalue weighted by molar-refractivity contribution is 6.22. The van der Waals surface area contributed by atoms with Gasteiger partial charge in [-0.25, -0.2) is 4.99 Å². The van der Waals surface area contributed by atoms with E-state index < -0.39 is 0 Å². The second-order valence-electron chi connectivity index (χ2n) is 10.7. The molecule has 2 nitrogen and oxygen atoms in total. The third-order valence-electron chi connectivity index (χ3n) is 7.98. The van der Waals surface area contributed by atoms with Gasteiger partial charge < -0.3 is 5.32 Å². The molecule has 0 aliphatic rings. The monoisotopic (exact) mass is 552 g/mol. The molecular formula is C41H32N2. The molecular weight excluding hydrogens is 520 g/mol. The van der Waals surface area contributed by atoms with Gasteiger partial charge in [-0.15, -0.1) is 0 Å². The lowest BCUT2D eigenvalue weighted by molar-refractivity contribution is 0.966. The highest BCUT2D eigenvalue weighted by Gasteiger charge is 2.17. The van der Waals surface area contributed by atoms with E-state index in [4.69, 9.17) is 4.99 Å². The SMILES string of the molecule is CCNC(=Nc1ccccc1)c1ccc(-c2ccc3c(-c4ccccc4)c4ccccc4c(-c4ccccc4)c3c2)cc1. The molecule has 0 radical (unpaired) electrons. The topological polar surface area (TPSA) is 24.4 Å². The number of para-hydroxylation sites is 1. The van der Waals surface area contributed by atoms with Crippen LogP contribution in [0, 0.1) is 0 Å². The molecule has 0 fully saturated rings. The summed E-state index contributed by atoms with van der Waals surface area (Å²) in [5, 5.41) is 8.49. The highest BCUT2D eigenvalue weighted by Crippen LogP contribution is 2.44. The van der Waals surface area contributed by atoms with Crippen molar-refractivity contribution in [2.75, 3.05) is 6.54 Å². The first-order valence-corrected chi connectivity index (χ1v) is 14.9. The maximum atomic E-state index is 4.88. The summed E-state index contributed by atoms with van der Waals surface area (Å²) in [6.07, 6.45) is 0. The molecule has 7 aromatic rings. The molecule has 0 spiro atoms. The van der Waals surface area contributed by atoms with Crippen LogP contribution in [0.3, 0.4) is 0 Å². The molecule has 7 aromatic carbocycles. The van der Waals surface area contributed by atoms with E-state index in [0.717, 1.165) is 23.6 Å². The van der Waals surface area contributed by atoms with Crippen molar-refractivity contribution in [2.24, 2.45) is 4.99 Å². The van der Waals surface area contributed by atoms with E-state index in [9.17, 15) is 0 Å². The first-order chi connectivity index (χ1) is 21.3. The van der Waals surface area contributed by atoms with Crippen molar-refractivity contribution in [3.05, 3.63) is 163 Å². The van der Waals surface area contributed by atoms with Crippen LogP contribution in [-0.2, 0) is 0 Å². The Morgan fingerprint density at radius 1 is 0.465 bits per heavy atom. The standard InChI is InChI=1S/C41H32N2/c1-2-42-41(43-34-18-10-5-11-19-34)32-24-22-29(23-25-32)33-26-27-37-38(28-33)40(31-16-8-4-9-17-31)36-21-13-12-20-35(36)39(37)30-14-6-3-7-15-30/h3-28H,2H2,1H3,(H,42,43). The minimum atomic E-state index is 0.804. The average Bonchev–Trinajstić information content (AvgIpc) is 3.08. The molecule has 0 amide bonds. The summed E-state index contributed by atoms with van der Waals surface area (Å²) in [5.74, 6) is 0.879. The van der Waals surface area contributed by atoms with Crippen LogP contribution in [0.1, 0.15) is 12.5 Å². The molecule has 0 saturated heterocycles. The zero-order chi connectivity index (χ0) is 29.0. The van der Waals surface area contributed by atoms with Gasteiger partial charge in [0.15, 0.2) is 0 Å². The van der Waals surface area contributed by atoms with Crippen molar-refractivity contribution in [3.63, 3.8) is 0 Å². The first kappa shape index (κ1) is 26.4. The van der Waals surface area contributed by atoms with Crippen molar-refractivity contribution in [2.45, 2.75) is 6.92 Å². The summed E-state index contributed by atoms with van der Waals surface area (Å²) in [7, 11) is 0. The Morgan fingerprint density at radius 2 is 0.953 bits per heavy atom. The lowest BCUT2D eigenvalue weighted by Gasteiger charge is -2.18. The number of benzene rings is 7. The van der Waals surface area contributed by atoms with E-state index in [0.29, 0.717) is 0 Å². The lowest BCUT2D eigenvalue weighted by Crippen LogP contribution is -2.23. The third kappa shape index (κ3) is 5.20. The van der Waals surface area contributed by atoms with Gasteiger partial charge in [0.1, 0.15) is 5.84 Å². The highest BCUT2D eigenvalue weighted by atomic mass is 15.0. The van der Waals surface area contributed by atoms with E-state index in [2.05, 4.69) is 140 Å². The number of rotatable bonds is 6. The smallest absolute Gasteiger partial charge is 0.133 e. The van der Waals surface area contributed by atoms with Crippen LogP contribution in [0.25, 0.3) is 54.9 Å². The molecule has 0 aliphatic heterocycles. The van der Waals surface area contributed by atoms with Crippen LogP contribution >= 0.6 is 0 Å². The van der Waals surface area contributed by atoms with Crippen LogP contribution in [0.5, 0.6) is 0 Å². The largest absolute Gasteiger partial charge is 0.370 e. The first-order valence-electron chi connectivity index (χ1n) is 14.9. The van der Waals surface area contributed by atoms with Crippen LogP contribution in [-0.4, -0.2) is 12.4 Å². The predicted molar refractivity (Wildman–Crippen MR) is 184 cm³/mol. The Morgan fingerprint density at radius 3 is 1.53 bits per heavy atom. The molecule has 7 rings (SSSR count). The molecule has 206 valence electrons. The zero-order valence-electron chi connectivity index (χ0n) is 24.2. The summed E-state index contributed by atoms with van der Waals surface area (Å²) in [6, 6.07) is 56.1. The second-order valence-corrected chi connectivity index (χ2v) is 10.7. The number of fused-ring (bicyclic) bond motifs is 2. The van der Waals surface area contributed by atoms with Gasteiger partial charge in [-0.2, -0.15) is 0 Å². The molecule has 0 saturated carbocycles. The third-order valence-corrected chi connectivity index (χ3v) is 7.98. The molecule has 0 heterocycles. The van der Waals surface area contributed by atoms with Crippen molar-refractivity contribution < 1.29 is 0 Å². The number of aliphatic imine (C=N–C) groups is 1. The fourth-order valence-electron chi connectivity index (χ4n) is 6.02. The van der Waals surface area contributed by atoms with Crippen LogP contribution < -0.4 is 5.32 Å². The lowest BCUT2D eigenvalue weighted by atomic mass is 9.85. The van der Waals surface area contributed by atoms with Gasteiger partial charge in [-0.3, -0.25) is 0 Å². The van der Waals surface area contributed by atoms with Gasteiger partial charge in [-0.1, -0.05) is 140 Å². The summed E-state index contributed by atoms with van der Waals surface area (Å²) in [4.78, 5) is 4.88. The predicted octanol–water partition coefficient (Wildman–Crippen LogP) is 10.7. The molecule has 0 unspecified atom stereocenters. The Bertz CT molecular complexity index is 2040. The normalized spacial score (nSPS) is 11.6. The molecule has 2 heteroatoms. The molecule has 1 N–H and O–H groups in total. The Balaban J connectivity index is 1.41. The van der Waals surface area contributed by atoms with Gasteiger partial charge in [0.05, 0.1) is 5.69 Å². The van der Waals surface area contributed by atoms with Gasteiger partial charge in [0.2, 0.25) is 0 Å². The summed E-state index contributed by atoms with van der Waals surface area (Å²) in [6.45, 7) is 2.90. The fraction of sp³-hybridized carbons (Fsp3) is 0.0488. The number of nitrogens with zero attached hydrogens (tertiary/aromatic N) is 1. The summed E-state index contributed by atoms with van der Waals surface area (Å²) >= 11 is 0. The van der Waals surface area contributed by atoms with Gasteiger partial charge in [-0.05, 0) is 80.0 Å². The fourth-order valence-corrected chi connectivity index (χ4v) is 6.02. The summed E-state index contributed by atoms with van der Waals surface area (Å²) in [5.41, 5.74) is 9.38. The average molecular weight is 553 g/mol. The van der Waals surface area contributed by atoms with Crippen molar-refractivity contribution in [3.8, 4) is 33.4 Å². The zero-order valence-corrected chi connectivity index (χ0v) is 24.2. The maximum Gasteiger partial charge on any atom is 0.133 e. The van der Waals surface area contributed by atoms with E-state index in [1.54, 1.807) is 0 Å². The number of hydrogen-bond acceptors (Lipinski definition) is 1. The summed E-state index contributed by atoms with van der Waals surface area (Å²) < 4.78 is 0. The number of amidine groups is 1. The second kappa shape index (κ2) is 11.8. The van der Waals surface area contributed by atoms with Crippen molar-refractivity contribution in [1.82, 2.24) is 5.32 Å². The number of nitrogens with one attached hydrogen (secondary N) is 1. The molecule has 43 heavy (non-hydrogen) atoms. The van der Waals surface area contributed by atoms with E-state index in [-0.39, 0.29) is 0 Å². The van der Waals surface area contributed by atoms with Crippen LogP contribution in [0.4, 0.5) is 5.69 Å². The van der Waals surface area contributed by atoms with Gasteiger partial charge >= 0.3 is 0 Å². The molecule has 0 atom stereocenters. The van der Waals surface area contributed by atoms with E-state index in [1.807, 2.05) is 30.3 Å². The minimum absolute atomic E-state index is 0.804. The van der Waals surface area contributed by atoms with Crippen molar-refractivity contribution in [1.29, 1.82) is 0 Å². The quantitative estimate of drug-likeness (QED) is 0.124. The Labute approximate surface area is 253 Å². The van der Waals surface area contributed by atoms with Gasteiger partial charge in [0, 0.05) is 12.1 Å². The number of hydrogen-bond donors (Lipinski definition) is 1. The Kier molecular flexibility index (Phi) is 7.25. The van der Waals surface area contributed by atoms with E-state index >= 15 is 0 Å². The van der Waals surface area contributed by atoms with Gasteiger partial charge in [0.25, 0.3) is 0 Å². The van der Waals surface area contributed by atoms with Crippen LogP contribution in [0.2, 0.25) is 0 Å². The molecule has 0 aliphatic carbocycles. The van der Waals surface area contributed by atoms with E-state index in [1.165, 1.54) is 54.9 Å². The van der Waals surface area contributed by atoms with Crippen LogP contribution in [0.15, 0.2) is 163 Å². The molecule has 0 bridgehead atoms. The minimum Gasteiger partial charge on any atom is -0.370 e. The molecule has 0 aromatic heterocycles. The van der Waals surface area contributed by atoms with Crippen molar-refractivity contribution >= 4 is 33.1 Å². The maximum absolute atomic E-state index is 4.88. The Hall–Kier alpha value is -5.47.